The van der Waals surface area contributed by atoms with E-state index in [1.807, 2.05) is 12.2 Å². The van der Waals surface area contributed by atoms with E-state index in [0.717, 1.165) is 32.1 Å². The molecule has 2 nitrogen and oxygen atoms in total. The number of methoxy groups -OCH3 is 1. The Labute approximate surface area is 215 Å². The maximum atomic E-state index is 14.9. The van der Waals surface area contributed by atoms with Gasteiger partial charge in [-0.3, -0.25) is 0 Å². The van der Waals surface area contributed by atoms with E-state index in [9.17, 15) is 18.3 Å². The molecule has 0 spiro atoms. The van der Waals surface area contributed by atoms with Gasteiger partial charge in [-0.15, -0.1) is 6.58 Å². The predicted molar refractivity (Wildman–Crippen MR) is 142 cm³/mol. The van der Waals surface area contributed by atoms with Crippen LogP contribution in [0.1, 0.15) is 87.7 Å². The van der Waals surface area contributed by atoms with Crippen LogP contribution in [0.15, 0.2) is 73.3 Å². The van der Waals surface area contributed by atoms with Crippen LogP contribution in [0.25, 0.3) is 0 Å². The SMILES string of the molecule is C=C(/C=C/C1CCC(c2ccc(C3CCC(O)CC3)c(F)c2F)CC1)/C=C(/F)C(=C)OC.C=CCC. The number of halogens is 3. The summed E-state index contributed by atoms with van der Waals surface area (Å²) in [6.45, 7) is 12.8. The average Bonchev–Trinajstić information content (AvgIpc) is 2.89. The van der Waals surface area contributed by atoms with E-state index in [1.54, 1.807) is 18.2 Å². The number of hydrogen-bond donors (Lipinski definition) is 1. The zero-order chi connectivity index (χ0) is 26.7. The van der Waals surface area contributed by atoms with Gasteiger partial charge < -0.3 is 9.84 Å². The van der Waals surface area contributed by atoms with Crippen LogP contribution in [0.5, 0.6) is 0 Å². The smallest absolute Gasteiger partial charge is 0.164 e. The Balaban J connectivity index is 0.00000106. The second-order valence-corrected chi connectivity index (χ2v) is 9.74. The monoisotopic (exact) mass is 502 g/mol. The van der Waals surface area contributed by atoms with E-state index in [-0.39, 0.29) is 23.7 Å². The highest BCUT2D eigenvalue weighted by molar-refractivity contribution is 5.34. The van der Waals surface area contributed by atoms with Crippen molar-refractivity contribution in [3.63, 3.8) is 0 Å². The van der Waals surface area contributed by atoms with Crippen molar-refractivity contribution in [2.75, 3.05) is 7.11 Å². The molecule has 0 aromatic heterocycles. The molecular weight excluding hydrogens is 461 g/mol. The molecule has 0 amide bonds. The van der Waals surface area contributed by atoms with Gasteiger partial charge >= 0.3 is 0 Å². The predicted octanol–water partition coefficient (Wildman–Crippen LogP) is 8.97. The van der Waals surface area contributed by atoms with Crippen LogP contribution in [0.2, 0.25) is 0 Å². The van der Waals surface area contributed by atoms with Crippen LogP contribution in [-0.4, -0.2) is 18.3 Å². The molecule has 0 unspecified atom stereocenters. The Hall–Kier alpha value is -2.53. The largest absolute Gasteiger partial charge is 0.494 e. The second-order valence-electron chi connectivity index (χ2n) is 9.74. The molecule has 0 aliphatic heterocycles. The molecule has 2 fully saturated rings. The molecule has 0 radical (unpaired) electrons. The van der Waals surface area contributed by atoms with Crippen molar-refractivity contribution in [2.45, 2.75) is 82.7 Å². The molecule has 1 aromatic rings. The number of ether oxygens (including phenoxy) is 1. The Bertz CT molecular complexity index is 947. The molecule has 2 aliphatic rings. The lowest BCUT2D eigenvalue weighted by Gasteiger charge is -2.29. The minimum absolute atomic E-state index is 0.00180. The maximum Gasteiger partial charge on any atom is 0.164 e. The summed E-state index contributed by atoms with van der Waals surface area (Å²) in [5.74, 6) is -1.74. The van der Waals surface area contributed by atoms with Crippen LogP contribution < -0.4 is 0 Å². The lowest BCUT2D eigenvalue weighted by molar-refractivity contribution is 0.122. The highest BCUT2D eigenvalue weighted by Crippen LogP contribution is 2.40. The van der Waals surface area contributed by atoms with E-state index >= 15 is 0 Å². The van der Waals surface area contributed by atoms with Gasteiger partial charge in [0, 0.05) is 0 Å². The van der Waals surface area contributed by atoms with Gasteiger partial charge in [0.2, 0.25) is 0 Å². The van der Waals surface area contributed by atoms with Gasteiger partial charge in [0.15, 0.2) is 17.5 Å². The lowest BCUT2D eigenvalue weighted by atomic mass is 9.77. The Morgan fingerprint density at radius 2 is 1.44 bits per heavy atom. The third kappa shape index (κ3) is 8.55. The molecule has 0 saturated heterocycles. The number of aliphatic hydroxyl groups excluding tert-OH is 1. The van der Waals surface area contributed by atoms with Crippen molar-refractivity contribution < 1.29 is 23.0 Å². The fourth-order valence-corrected chi connectivity index (χ4v) is 4.87. The average molecular weight is 503 g/mol. The molecule has 0 atom stereocenters. The summed E-state index contributed by atoms with van der Waals surface area (Å²) in [4.78, 5) is 0. The highest BCUT2D eigenvalue weighted by Gasteiger charge is 2.28. The Kier molecular flexibility index (Phi) is 12.3. The van der Waals surface area contributed by atoms with Gasteiger partial charge in [-0.05, 0) is 98.3 Å². The number of benzene rings is 1. The van der Waals surface area contributed by atoms with Crippen molar-refractivity contribution in [2.24, 2.45) is 5.92 Å². The first kappa shape index (κ1) is 29.7. The maximum absolute atomic E-state index is 14.9. The van der Waals surface area contributed by atoms with E-state index < -0.39 is 17.5 Å². The van der Waals surface area contributed by atoms with Crippen LogP contribution in [0.3, 0.4) is 0 Å². The van der Waals surface area contributed by atoms with Gasteiger partial charge in [0.05, 0.1) is 13.2 Å². The van der Waals surface area contributed by atoms with Gasteiger partial charge in [-0.2, -0.15) is 0 Å². The normalized spacial score (nSPS) is 24.6. The highest BCUT2D eigenvalue weighted by atomic mass is 19.2. The molecule has 2 saturated carbocycles. The molecule has 1 aromatic carbocycles. The fourth-order valence-electron chi connectivity index (χ4n) is 4.87. The van der Waals surface area contributed by atoms with Crippen molar-refractivity contribution in [1.29, 1.82) is 0 Å². The van der Waals surface area contributed by atoms with Gasteiger partial charge in [0.25, 0.3) is 0 Å². The van der Waals surface area contributed by atoms with E-state index in [1.165, 1.54) is 13.2 Å². The lowest BCUT2D eigenvalue weighted by Crippen LogP contribution is -2.19. The summed E-state index contributed by atoms with van der Waals surface area (Å²) in [7, 11) is 1.36. The third-order valence-corrected chi connectivity index (χ3v) is 7.19. The summed E-state index contributed by atoms with van der Waals surface area (Å²) in [5.41, 5.74) is 1.43. The fraction of sp³-hybridized carbons (Fsp3) is 0.484. The van der Waals surface area contributed by atoms with E-state index in [4.69, 9.17) is 4.74 Å². The first-order valence-electron chi connectivity index (χ1n) is 13.0. The minimum atomic E-state index is -0.714. The van der Waals surface area contributed by atoms with Crippen molar-refractivity contribution in [1.82, 2.24) is 0 Å². The Morgan fingerprint density at radius 1 is 0.972 bits per heavy atom. The molecule has 0 heterocycles. The zero-order valence-corrected chi connectivity index (χ0v) is 21.7. The molecule has 2 aliphatic carbocycles. The number of rotatable bonds is 8. The summed E-state index contributed by atoms with van der Waals surface area (Å²) in [6, 6.07) is 3.51. The third-order valence-electron chi connectivity index (χ3n) is 7.19. The van der Waals surface area contributed by atoms with Crippen molar-refractivity contribution in [3.8, 4) is 0 Å². The number of allylic oxidation sites excluding steroid dienone is 6. The molecule has 198 valence electrons. The summed E-state index contributed by atoms with van der Waals surface area (Å²) in [6.07, 6.45) is 13.6. The molecular formula is C31H41F3O2. The number of hydrogen-bond acceptors (Lipinski definition) is 2. The molecule has 3 rings (SSSR count). The summed E-state index contributed by atoms with van der Waals surface area (Å²) < 4.78 is 48.3. The van der Waals surface area contributed by atoms with Crippen molar-refractivity contribution >= 4 is 0 Å². The van der Waals surface area contributed by atoms with E-state index in [2.05, 4.69) is 26.7 Å². The first-order chi connectivity index (χ1) is 17.2. The first-order valence-corrected chi connectivity index (χ1v) is 13.0. The minimum Gasteiger partial charge on any atom is -0.494 e. The summed E-state index contributed by atoms with van der Waals surface area (Å²) in [5, 5.41) is 9.67. The molecule has 5 heteroatoms. The van der Waals surface area contributed by atoms with E-state index in [0.29, 0.717) is 48.3 Å². The second kappa shape index (κ2) is 14.9. The molecule has 36 heavy (non-hydrogen) atoms. The van der Waals surface area contributed by atoms with Gasteiger partial charge in [-0.1, -0.05) is 50.4 Å². The standard InChI is InChI=1S/C27H33F3O2.C4H8/c1-17(16-25(28)18(2)32-3)4-5-19-6-8-20(9-7-19)23-14-15-24(27(30)26(23)29)21-10-12-22(31)13-11-21;1-3-4-2/h4-5,14-16,19-22,31H,1-2,6-13H2,3H3;3H,1,4H2,2H3/b5-4+,25-16+;. The van der Waals surface area contributed by atoms with Gasteiger partial charge in [0.1, 0.15) is 5.76 Å². The van der Waals surface area contributed by atoms with Crippen LogP contribution in [-0.2, 0) is 4.74 Å². The molecule has 0 bridgehead atoms. The zero-order valence-electron chi connectivity index (χ0n) is 21.7. The van der Waals surface area contributed by atoms with Crippen LogP contribution in [0.4, 0.5) is 13.2 Å². The Morgan fingerprint density at radius 3 is 1.89 bits per heavy atom. The van der Waals surface area contributed by atoms with Crippen LogP contribution in [0, 0.1) is 17.6 Å². The number of aliphatic hydroxyl groups is 1. The van der Waals surface area contributed by atoms with Gasteiger partial charge in [-0.25, -0.2) is 13.2 Å². The molecule has 1 N–H and O–H groups in total. The quantitative estimate of drug-likeness (QED) is 0.218. The van der Waals surface area contributed by atoms with Crippen molar-refractivity contribution in [3.05, 3.63) is 96.1 Å². The summed E-state index contributed by atoms with van der Waals surface area (Å²) >= 11 is 0. The topological polar surface area (TPSA) is 29.5 Å². The van der Waals surface area contributed by atoms with Crippen LogP contribution >= 0.6 is 0 Å².